The van der Waals surface area contributed by atoms with Crippen LogP contribution in [0.5, 0.6) is 11.5 Å². The molecule has 0 bridgehead atoms. The number of aliphatic hydroxyl groups excluding tert-OH is 1. The lowest BCUT2D eigenvalue weighted by molar-refractivity contribution is 0.145. The van der Waals surface area contributed by atoms with Gasteiger partial charge in [-0.05, 0) is 56.5 Å². The number of hydrogen-bond acceptors (Lipinski definition) is 5. The first-order valence-electron chi connectivity index (χ1n) is 11.1. The van der Waals surface area contributed by atoms with E-state index in [1.807, 2.05) is 43.0 Å². The number of benzene rings is 2. The van der Waals surface area contributed by atoms with Gasteiger partial charge in [0.05, 0.1) is 32.1 Å². The summed E-state index contributed by atoms with van der Waals surface area (Å²) >= 11 is 0. The smallest absolute Gasteiger partial charge is 0.196 e. The van der Waals surface area contributed by atoms with Crippen molar-refractivity contribution in [2.24, 2.45) is 4.99 Å². The number of rotatable bonds is 8. The highest BCUT2D eigenvalue weighted by atomic mass is 127. The van der Waals surface area contributed by atoms with Gasteiger partial charge >= 0.3 is 0 Å². The van der Waals surface area contributed by atoms with E-state index in [1.165, 1.54) is 6.07 Å². The zero-order valence-corrected chi connectivity index (χ0v) is 21.8. The number of aliphatic imine (C=N–C) groups is 1. The fourth-order valence-corrected chi connectivity index (χ4v) is 3.65. The van der Waals surface area contributed by atoms with Crippen molar-refractivity contribution in [3.63, 3.8) is 0 Å². The maximum absolute atomic E-state index is 14.7. The van der Waals surface area contributed by atoms with Crippen LogP contribution in [-0.4, -0.2) is 50.5 Å². The van der Waals surface area contributed by atoms with E-state index in [4.69, 9.17) is 9.47 Å². The molecule has 3 rings (SSSR count). The predicted molar refractivity (Wildman–Crippen MR) is 142 cm³/mol. The van der Waals surface area contributed by atoms with Crippen molar-refractivity contribution in [3.05, 3.63) is 47.8 Å². The number of nitrogens with zero attached hydrogens (tertiary/aromatic N) is 2. The first-order valence-corrected chi connectivity index (χ1v) is 11.1. The highest BCUT2D eigenvalue weighted by Crippen LogP contribution is 2.30. The van der Waals surface area contributed by atoms with Crippen molar-refractivity contribution in [2.45, 2.75) is 39.3 Å². The average Bonchev–Trinajstić information content (AvgIpc) is 2.79. The molecular weight excluding hydrogens is 538 g/mol. The SMILES string of the molecule is CCNC(=NCc1ccc(N2CCC(O)CC2)c(F)c1)Nc1ccc(OCC)c(OC)c1.I. The van der Waals surface area contributed by atoms with E-state index in [2.05, 4.69) is 15.6 Å². The number of anilines is 2. The van der Waals surface area contributed by atoms with Gasteiger partial charge in [-0.2, -0.15) is 0 Å². The minimum atomic E-state index is -0.282. The average molecular weight is 572 g/mol. The number of nitrogens with one attached hydrogen (secondary N) is 2. The van der Waals surface area contributed by atoms with Crippen LogP contribution in [0.2, 0.25) is 0 Å². The number of aliphatic hydroxyl groups is 1. The Bertz CT molecular complexity index is 921. The molecule has 0 spiro atoms. The molecule has 1 aliphatic rings. The molecule has 0 radical (unpaired) electrons. The molecular formula is C24H34FIN4O3. The van der Waals surface area contributed by atoms with Crippen LogP contribution in [0.1, 0.15) is 32.3 Å². The Labute approximate surface area is 212 Å². The topological polar surface area (TPSA) is 78.4 Å². The Morgan fingerprint density at radius 2 is 1.91 bits per heavy atom. The van der Waals surface area contributed by atoms with Gasteiger partial charge in [-0.3, -0.25) is 0 Å². The van der Waals surface area contributed by atoms with E-state index >= 15 is 0 Å². The fourth-order valence-electron chi connectivity index (χ4n) is 3.65. The van der Waals surface area contributed by atoms with E-state index in [0.717, 1.165) is 11.3 Å². The number of methoxy groups -OCH3 is 1. The minimum Gasteiger partial charge on any atom is -0.493 e. The van der Waals surface area contributed by atoms with Crippen molar-refractivity contribution >= 4 is 41.3 Å². The summed E-state index contributed by atoms with van der Waals surface area (Å²) in [6.45, 7) is 6.81. The molecule has 1 aliphatic heterocycles. The second-order valence-electron chi connectivity index (χ2n) is 7.62. The molecule has 1 heterocycles. The quantitative estimate of drug-likeness (QED) is 0.248. The van der Waals surface area contributed by atoms with E-state index < -0.39 is 0 Å². The van der Waals surface area contributed by atoms with Crippen LogP contribution in [0.4, 0.5) is 15.8 Å². The summed E-state index contributed by atoms with van der Waals surface area (Å²) in [5.41, 5.74) is 2.17. The molecule has 33 heavy (non-hydrogen) atoms. The van der Waals surface area contributed by atoms with Gasteiger partial charge in [-0.15, -0.1) is 24.0 Å². The molecule has 2 aromatic carbocycles. The first kappa shape index (κ1) is 27.0. The van der Waals surface area contributed by atoms with Gasteiger partial charge in [0, 0.05) is 31.4 Å². The van der Waals surface area contributed by atoms with Gasteiger partial charge in [-0.25, -0.2) is 9.38 Å². The fraction of sp³-hybridized carbons (Fsp3) is 0.458. The number of piperidine rings is 1. The number of ether oxygens (including phenoxy) is 2. The molecule has 0 saturated carbocycles. The Hall–Kier alpha value is -2.27. The highest BCUT2D eigenvalue weighted by Gasteiger charge is 2.19. The maximum Gasteiger partial charge on any atom is 0.196 e. The van der Waals surface area contributed by atoms with Gasteiger partial charge in [0.25, 0.3) is 0 Å². The Balaban J connectivity index is 0.00000385. The number of halogens is 2. The van der Waals surface area contributed by atoms with Crippen molar-refractivity contribution in [1.29, 1.82) is 0 Å². The third-order valence-corrected chi connectivity index (χ3v) is 5.31. The van der Waals surface area contributed by atoms with Crippen molar-refractivity contribution < 1.29 is 19.0 Å². The van der Waals surface area contributed by atoms with Gasteiger partial charge in [0.15, 0.2) is 17.5 Å². The molecule has 0 amide bonds. The minimum absolute atomic E-state index is 0. The van der Waals surface area contributed by atoms with Crippen LogP contribution in [0.3, 0.4) is 0 Å². The molecule has 0 aromatic heterocycles. The van der Waals surface area contributed by atoms with Gasteiger partial charge in [0.2, 0.25) is 0 Å². The molecule has 9 heteroatoms. The second-order valence-corrected chi connectivity index (χ2v) is 7.62. The third-order valence-electron chi connectivity index (χ3n) is 5.31. The Kier molecular flexibility index (Phi) is 11.0. The summed E-state index contributed by atoms with van der Waals surface area (Å²) in [5, 5.41) is 16.1. The first-order chi connectivity index (χ1) is 15.5. The van der Waals surface area contributed by atoms with Crippen LogP contribution >= 0.6 is 24.0 Å². The lowest BCUT2D eigenvalue weighted by Crippen LogP contribution is -2.36. The molecule has 0 atom stereocenters. The summed E-state index contributed by atoms with van der Waals surface area (Å²) in [5.74, 6) is 1.65. The summed E-state index contributed by atoms with van der Waals surface area (Å²) in [6.07, 6.45) is 1.05. The number of hydrogen-bond donors (Lipinski definition) is 3. The van der Waals surface area contributed by atoms with Crippen LogP contribution in [0.25, 0.3) is 0 Å². The molecule has 2 aromatic rings. The summed E-state index contributed by atoms with van der Waals surface area (Å²) in [6, 6.07) is 10.8. The van der Waals surface area contributed by atoms with E-state index in [9.17, 15) is 9.50 Å². The lowest BCUT2D eigenvalue weighted by Gasteiger charge is -2.31. The predicted octanol–water partition coefficient (Wildman–Crippen LogP) is 4.39. The molecule has 7 nitrogen and oxygen atoms in total. The van der Waals surface area contributed by atoms with Crippen molar-refractivity contribution in [1.82, 2.24) is 5.32 Å². The number of guanidine groups is 1. The summed E-state index contributed by atoms with van der Waals surface area (Å²) in [7, 11) is 1.60. The van der Waals surface area contributed by atoms with E-state index in [1.54, 1.807) is 13.2 Å². The molecule has 0 unspecified atom stereocenters. The summed E-state index contributed by atoms with van der Waals surface area (Å²) < 4.78 is 25.7. The van der Waals surface area contributed by atoms with Gasteiger partial charge < -0.3 is 30.1 Å². The largest absolute Gasteiger partial charge is 0.493 e. The van der Waals surface area contributed by atoms with Crippen LogP contribution in [-0.2, 0) is 6.54 Å². The van der Waals surface area contributed by atoms with Crippen molar-refractivity contribution in [2.75, 3.05) is 43.6 Å². The lowest BCUT2D eigenvalue weighted by atomic mass is 10.1. The van der Waals surface area contributed by atoms with Crippen LogP contribution in [0.15, 0.2) is 41.4 Å². The van der Waals surface area contributed by atoms with E-state index in [-0.39, 0.29) is 35.9 Å². The normalized spacial score (nSPS) is 14.5. The molecule has 1 fully saturated rings. The van der Waals surface area contributed by atoms with Gasteiger partial charge in [0.1, 0.15) is 5.82 Å². The standard InChI is InChI=1S/C24H33FN4O3.HI/c1-4-26-24(28-18-7-9-22(32-5-2)23(15-18)31-3)27-16-17-6-8-21(20(25)14-17)29-12-10-19(30)11-13-29;/h6-9,14-15,19,30H,4-5,10-13,16H2,1-3H3,(H2,26,27,28);1H. The zero-order chi connectivity index (χ0) is 22.9. The molecule has 182 valence electrons. The third kappa shape index (κ3) is 7.63. The van der Waals surface area contributed by atoms with E-state index in [0.29, 0.717) is 68.8 Å². The zero-order valence-electron chi connectivity index (χ0n) is 19.4. The van der Waals surface area contributed by atoms with Crippen LogP contribution in [0, 0.1) is 5.82 Å². The molecule has 1 saturated heterocycles. The summed E-state index contributed by atoms with van der Waals surface area (Å²) in [4.78, 5) is 6.58. The van der Waals surface area contributed by atoms with Crippen molar-refractivity contribution in [3.8, 4) is 11.5 Å². The Morgan fingerprint density at radius 1 is 1.15 bits per heavy atom. The Morgan fingerprint density at radius 3 is 2.55 bits per heavy atom. The monoisotopic (exact) mass is 572 g/mol. The van der Waals surface area contributed by atoms with Crippen LogP contribution < -0.4 is 25.0 Å². The molecule has 3 N–H and O–H groups in total. The maximum atomic E-state index is 14.7. The van der Waals surface area contributed by atoms with Gasteiger partial charge in [-0.1, -0.05) is 6.07 Å². The highest BCUT2D eigenvalue weighted by molar-refractivity contribution is 14.0. The molecule has 0 aliphatic carbocycles. The second kappa shape index (κ2) is 13.4.